The molecule has 0 spiro atoms. The van der Waals surface area contributed by atoms with Gasteiger partial charge < -0.3 is 10.3 Å². The summed E-state index contributed by atoms with van der Waals surface area (Å²) < 4.78 is 2.10. The van der Waals surface area contributed by atoms with Crippen molar-refractivity contribution in [1.82, 2.24) is 14.8 Å². The highest BCUT2D eigenvalue weighted by Gasteiger charge is 2.16. The molecular formula is C10H20N4. The Labute approximate surface area is 85.5 Å². The molecule has 1 aromatic rings. The third-order valence-electron chi connectivity index (χ3n) is 2.40. The summed E-state index contributed by atoms with van der Waals surface area (Å²) in [5.74, 6) is 1.86. The molecule has 1 rings (SSSR count). The third kappa shape index (κ3) is 2.54. The molecule has 2 atom stereocenters. The summed E-state index contributed by atoms with van der Waals surface area (Å²) in [7, 11) is 0. The molecule has 80 valence electrons. The van der Waals surface area contributed by atoms with E-state index in [0.717, 1.165) is 12.4 Å². The molecular weight excluding hydrogens is 176 g/mol. The van der Waals surface area contributed by atoms with Crippen LogP contribution in [0.3, 0.4) is 0 Å². The van der Waals surface area contributed by atoms with E-state index in [1.165, 1.54) is 0 Å². The van der Waals surface area contributed by atoms with E-state index in [2.05, 4.69) is 35.5 Å². The van der Waals surface area contributed by atoms with E-state index in [-0.39, 0.29) is 12.0 Å². The summed E-state index contributed by atoms with van der Waals surface area (Å²) in [6.07, 6.45) is 1.79. The summed E-state index contributed by atoms with van der Waals surface area (Å²) in [6.45, 7) is 9.41. The summed E-state index contributed by atoms with van der Waals surface area (Å²) >= 11 is 0. The van der Waals surface area contributed by atoms with Gasteiger partial charge in [0.25, 0.3) is 0 Å². The van der Waals surface area contributed by atoms with Crippen molar-refractivity contribution < 1.29 is 0 Å². The fourth-order valence-electron chi connectivity index (χ4n) is 1.39. The van der Waals surface area contributed by atoms with Crippen LogP contribution in [0.15, 0.2) is 6.33 Å². The first-order chi connectivity index (χ1) is 6.52. The van der Waals surface area contributed by atoms with E-state index in [1.54, 1.807) is 6.33 Å². The van der Waals surface area contributed by atoms with Crippen molar-refractivity contribution in [1.29, 1.82) is 0 Å². The van der Waals surface area contributed by atoms with Crippen LogP contribution >= 0.6 is 0 Å². The predicted molar refractivity (Wildman–Crippen MR) is 56.9 cm³/mol. The Hall–Kier alpha value is -0.900. The van der Waals surface area contributed by atoms with Crippen LogP contribution in [0.2, 0.25) is 0 Å². The lowest BCUT2D eigenvalue weighted by molar-refractivity contribution is 0.475. The molecule has 0 aliphatic heterocycles. The maximum atomic E-state index is 5.85. The van der Waals surface area contributed by atoms with Gasteiger partial charge in [-0.05, 0) is 12.8 Å². The topological polar surface area (TPSA) is 56.7 Å². The minimum atomic E-state index is 0.116. The Bertz CT molecular complexity index is 277. The van der Waals surface area contributed by atoms with Crippen LogP contribution in [0.25, 0.3) is 0 Å². The molecule has 4 nitrogen and oxygen atoms in total. The lowest BCUT2D eigenvalue weighted by Gasteiger charge is -2.17. The lowest BCUT2D eigenvalue weighted by atomic mass is 10.0. The van der Waals surface area contributed by atoms with Crippen molar-refractivity contribution in [3.05, 3.63) is 12.2 Å². The van der Waals surface area contributed by atoms with Crippen LogP contribution in [0.5, 0.6) is 0 Å². The van der Waals surface area contributed by atoms with Crippen LogP contribution in [0.1, 0.15) is 39.4 Å². The predicted octanol–water partition coefficient (Wildman–Crippen LogP) is 1.38. The first kappa shape index (κ1) is 11.2. The van der Waals surface area contributed by atoms with E-state index in [0.29, 0.717) is 5.92 Å². The number of hydrogen-bond donors (Lipinski definition) is 1. The fraction of sp³-hybridized carbons (Fsp3) is 0.800. The van der Waals surface area contributed by atoms with Crippen molar-refractivity contribution >= 4 is 0 Å². The summed E-state index contributed by atoms with van der Waals surface area (Å²) in [6, 6.07) is 0.116. The van der Waals surface area contributed by atoms with Crippen molar-refractivity contribution in [3.8, 4) is 0 Å². The molecule has 0 radical (unpaired) electrons. The highest BCUT2D eigenvalue weighted by atomic mass is 15.3. The molecule has 2 unspecified atom stereocenters. The van der Waals surface area contributed by atoms with Crippen LogP contribution in [-0.2, 0) is 6.54 Å². The molecule has 0 aliphatic rings. The van der Waals surface area contributed by atoms with E-state index in [4.69, 9.17) is 5.73 Å². The zero-order valence-corrected chi connectivity index (χ0v) is 9.44. The summed E-state index contributed by atoms with van der Waals surface area (Å²) in [4.78, 5) is 0. The standard InChI is InChI=1S/C10H20N4/c1-7(2)5-14-6-12-13-10(14)8(3)9(4)11/h6-9H,5,11H2,1-4H3. The molecule has 0 saturated heterocycles. The quantitative estimate of drug-likeness (QED) is 0.791. The molecule has 0 aromatic carbocycles. The molecule has 0 saturated carbocycles. The molecule has 4 heteroatoms. The van der Waals surface area contributed by atoms with Gasteiger partial charge in [0.1, 0.15) is 12.2 Å². The average Bonchev–Trinajstić information content (AvgIpc) is 2.49. The van der Waals surface area contributed by atoms with Crippen LogP contribution in [0.4, 0.5) is 0 Å². The number of aromatic nitrogens is 3. The van der Waals surface area contributed by atoms with E-state index >= 15 is 0 Å². The first-order valence-corrected chi connectivity index (χ1v) is 5.15. The minimum absolute atomic E-state index is 0.116. The summed E-state index contributed by atoms with van der Waals surface area (Å²) in [5, 5.41) is 8.06. The average molecular weight is 196 g/mol. The van der Waals surface area contributed by atoms with Gasteiger partial charge in [0.05, 0.1) is 0 Å². The highest BCUT2D eigenvalue weighted by molar-refractivity contribution is 4.98. The van der Waals surface area contributed by atoms with Crippen LogP contribution in [0, 0.1) is 5.92 Å². The highest BCUT2D eigenvalue weighted by Crippen LogP contribution is 2.16. The Kier molecular flexibility index (Phi) is 3.63. The molecule has 0 amide bonds. The van der Waals surface area contributed by atoms with Gasteiger partial charge in [0.2, 0.25) is 0 Å². The van der Waals surface area contributed by atoms with Gasteiger partial charge in [-0.2, -0.15) is 0 Å². The molecule has 1 heterocycles. The minimum Gasteiger partial charge on any atom is -0.327 e. The molecule has 14 heavy (non-hydrogen) atoms. The Morgan fingerprint density at radius 1 is 1.36 bits per heavy atom. The van der Waals surface area contributed by atoms with Gasteiger partial charge >= 0.3 is 0 Å². The molecule has 1 aromatic heterocycles. The maximum absolute atomic E-state index is 5.85. The maximum Gasteiger partial charge on any atom is 0.137 e. The normalized spacial score (nSPS) is 15.9. The zero-order chi connectivity index (χ0) is 10.7. The van der Waals surface area contributed by atoms with Gasteiger partial charge in [0.15, 0.2) is 0 Å². The van der Waals surface area contributed by atoms with Gasteiger partial charge in [-0.3, -0.25) is 0 Å². The van der Waals surface area contributed by atoms with Crippen molar-refractivity contribution in [2.45, 2.75) is 46.2 Å². The van der Waals surface area contributed by atoms with Gasteiger partial charge in [-0.25, -0.2) is 0 Å². The number of nitrogens with zero attached hydrogens (tertiary/aromatic N) is 3. The van der Waals surface area contributed by atoms with E-state index in [9.17, 15) is 0 Å². The second-order valence-electron chi connectivity index (χ2n) is 4.38. The largest absolute Gasteiger partial charge is 0.327 e. The Balaban J connectivity index is 2.81. The number of rotatable bonds is 4. The van der Waals surface area contributed by atoms with E-state index < -0.39 is 0 Å². The molecule has 0 bridgehead atoms. The zero-order valence-electron chi connectivity index (χ0n) is 9.44. The fourth-order valence-corrected chi connectivity index (χ4v) is 1.39. The lowest BCUT2D eigenvalue weighted by Crippen LogP contribution is -2.25. The van der Waals surface area contributed by atoms with Crippen LogP contribution in [-0.4, -0.2) is 20.8 Å². The van der Waals surface area contributed by atoms with Gasteiger partial charge in [-0.1, -0.05) is 20.8 Å². The van der Waals surface area contributed by atoms with Crippen molar-refractivity contribution in [2.24, 2.45) is 11.7 Å². The Morgan fingerprint density at radius 3 is 2.50 bits per heavy atom. The SMILES string of the molecule is CC(C)Cn1cnnc1C(C)C(C)N. The van der Waals surface area contributed by atoms with E-state index in [1.807, 2.05) is 6.92 Å². The third-order valence-corrected chi connectivity index (χ3v) is 2.40. The molecule has 0 aliphatic carbocycles. The number of nitrogens with two attached hydrogens (primary N) is 1. The second kappa shape index (κ2) is 4.55. The van der Waals surface area contributed by atoms with Crippen LogP contribution < -0.4 is 5.73 Å². The Morgan fingerprint density at radius 2 is 2.00 bits per heavy atom. The van der Waals surface area contributed by atoms with Gasteiger partial charge in [-0.15, -0.1) is 10.2 Å². The van der Waals surface area contributed by atoms with Crippen molar-refractivity contribution in [3.63, 3.8) is 0 Å². The molecule has 2 N–H and O–H groups in total. The smallest absolute Gasteiger partial charge is 0.137 e. The monoisotopic (exact) mass is 196 g/mol. The van der Waals surface area contributed by atoms with Gasteiger partial charge in [0, 0.05) is 18.5 Å². The second-order valence-corrected chi connectivity index (χ2v) is 4.38. The summed E-state index contributed by atoms with van der Waals surface area (Å²) in [5.41, 5.74) is 5.85. The first-order valence-electron chi connectivity index (χ1n) is 5.15. The number of hydrogen-bond acceptors (Lipinski definition) is 3. The van der Waals surface area contributed by atoms with Crippen molar-refractivity contribution in [2.75, 3.05) is 0 Å². The molecule has 0 fully saturated rings.